The van der Waals surface area contributed by atoms with E-state index < -0.39 is 10.0 Å². The Morgan fingerprint density at radius 3 is 2.62 bits per heavy atom. The molecule has 0 N–H and O–H groups in total. The van der Waals surface area contributed by atoms with Crippen LogP contribution in [0.2, 0.25) is 5.02 Å². The second kappa shape index (κ2) is 8.98. The molecule has 0 amide bonds. The topological polar surface area (TPSA) is 73.0 Å². The number of halogens is 2. The van der Waals surface area contributed by atoms with Crippen molar-refractivity contribution in [3.8, 4) is 5.69 Å². The van der Waals surface area contributed by atoms with Gasteiger partial charge in [-0.15, -0.1) is 0 Å². The molecule has 3 heterocycles. The molecule has 5 rings (SSSR count). The molecule has 1 aliphatic rings. The van der Waals surface area contributed by atoms with Gasteiger partial charge in [0.2, 0.25) is 10.0 Å². The first kappa shape index (κ1) is 22.8. The van der Waals surface area contributed by atoms with Crippen LogP contribution in [0.15, 0.2) is 66.0 Å². The van der Waals surface area contributed by atoms with Gasteiger partial charge in [-0.05, 0) is 60.4 Å². The van der Waals surface area contributed by atoms with Crippen LogP contribution >= 0.6 is 11.6 Å². The fourth-order valence-electron chi connectivity index (χ4n) is 4.17. The van der Waals surface area contributed by atoms with E-state index in [0.717, 1.165) is 34.1 Å². The van der Waals surface area contributed by atoms with Crippen LogP contribution in [0, 0.1) is 5.82 Å². The number of aryl methyl sites for hydroxylation is 1. The summed E-state index contributed by atoms with van der Waals surface area (Å²) in [6.45, 7) is 3.32. The maximum absolute atomic E-state index is 13.3. The van der Waals surface area contributed by atoms with Crippen molar-refractivity contribution in [2.24, 2.45) is 0 Å². The van der Waals surface area contributed by atoms with Gasteiger partial charge in [0.05, 0.1) is 28.6 Å². The maximum atomic E-state index is 13.3. The lowest BCUT2D eigenvalue weighted by Crippen LogP contribution is -2.34. The molecule has 7 nitrogen and oxygen atoms in total. The molecule has 176 valence electrons. The van der Waals surface area contributed by atoms with Gasteiger partial charge in [0.1, 0.15) is 10.7 Å². The Kier molecular flexibility index (Phi) is 6.01. The third kappa shape index (κ3) is 4.15. The van der Waals surface area contributed by atoms with Gasteiger partial charge in [-0.3, -0.25) is 4.68 Å². The van der Waals surface area contributed by atoms with Gasteiger partial charge in [-0.25, -0.2) is 17.5 Å². The SMILES string of the molecule is CCCn1cc(S(=O)(=O)N2CC=C(c3cc4cnn(-c5ccc(F)cc5)c4cc3Cl)CC2)cn1. The summed E-state index contributed by atoms with van der Waals surface area (Å²) in [6, 6.07) is 9.91. The first-order chi connectivity index (χ1) is 16.4. The molecule has 2 aromatic heterocycles. The van der Waals surface area contributed by atoms with Gasteiger partial charge in [-0.2, -0.15) is 14.5 Å². The van der Waals surface area contributed by atoms with Crippen LogP contribution in [0.25, 0.3) is 22.2 Å². The summed E-state index contributed by atoms with van der Waals surface area (Å²) < 4.78 is 44.2. The van der Waals surface area contributed by atoms with Gasteiger partial charge in [0.15, 0.2) is 0 Å². The third-order valence-corrected chi connectivity index (χ3v) is 8.08. The highest BCUT2D eigenvalue weighted by Gasteiger charge is 2.28. The minimum Gasteiger partial charge on any atom is -0.271 e. The van der Waals surface area contributed by atoms with Crippen molar-refractivity contribution in [2.45, 2.75) is 31.2 Å². The Hall–Kier alpha value is -3.01. The number of fused-ring (bicyclic) bond motifs is 1. The second-order valence-electron chi connectivity index (χ2n) is 8.21. The molecule has 1 aliphatic heterocycles. The number of hydrogen-bond acceptors (Lipinski definition) is 4. The zero-order chi connectivity index (χ0) is 23.9. The number of benzene rings is 2. The van der Waals surface area contributed by atoms with E-state index in [2.05, 4.69) is 10.2 Å². The molecule has 0 bridgehead atoms. The Morgan fingerprint density at radius 1 is 1.12 bits per heavy atom. The fourth-order valence-corrected chi connectivity index (χ4v) is 5.79. The average molecular weight is 500 g/mol. The van der Waals surface area contributed by atoms with Gasteiger partial charge in [0.25, 0.3) is 0 Å². The highest BCUT2D eigenvalue weighted by atomic mass is 35.5. The molecule has 2 aromatic carbocycles. The predicted octanol–water partition coefficient (Wildman–Crippen LogP) is 4.90. The van der Waals surface area contributed by atoms with E-state index in [4.69, 9.17) is 11.6 Å². The Balaban J connectivity index is 1.40. The Bertz CT molecular complexity index is 1490. The van der Waals surface area contributed by atoms with E-state index in [1.807, 2.05) is 25.1 Å². The van der Waals surface area contributed by atoms with Crippen molar-refractivity contribution in [3.63, 3.8) is 0 Å². The standard InChI is InChI=1S/C24H23ClFN5O2S/c1-2-9-29-16-21(15-27-29)34(32,33)30-10-7-17(8-11-30)22-12-18-14-28-31(24(18)13-23(22)25)20-5-3-19(26)4-6-20/h3-7,12-16H,2,8-11H2,1H3. The van der Waals surface area contributed by atoms with Gasteiger partial charge >= 0.3 is 0 Å². The smallest absolute Gasteiger partial charge is 0.246 e. The summed E-state index contributed by atoms with van der Waals surface area (Å²) in [6.07, 6.45) is 8.07. The van der Waals surface area contributed by atoms with Crippen LogP contribution in [0.5, 0.6) is 0 Å². The van der Waals surface area contributed by atoms with E-state index in [1.54, 1.807) is 33.9 Å². The fraction of sp³-hybridized carbons (Fsp3) is 0.250. The van der Waals surface area contributed by atoms with Crippen LogP contribution in [0.1, 0.15) is 25.3 Å². The van der Waals surface area contributed by atoms with E-state index in [0.29, 0.717) is 24.5 Å². The minimum atomic E-state index is -3.61. The van der Waals surface area contributed by atoms with E-state index in [-0.39, 0.29) is 17.3 Å². The quantitative estimate of drug-likeness (QED) is 0.378. The zero-order valence-corrected chi connectivity index (χ0v) is 20.1. The molecule has 0 saturated carbocycles. The summed E-state index contributed by atoms with van der Waals surface area (Å²) in [5.41, 5.74) is 3.40. The van der Waals surface area contributed by atoms with Crippen molar-refractivity contribution in [1.82, 2.24) is 23.9 Å². The summed E-state index contributed by atoms with van der Waals surface area (Å²) in [7, 11) is -3.61. The molecule has 34 heavy (non-hydrogen) atoms. The van der Waals surface area contributed by atoms with E-state index in [9.17, 15) is 12.8 Å². The first-order valence-electron chi connectivity index (χ1n) is 11.0. The van der Waals surface area contributed by atoms with Gasteiger partial charge in [0, 0.05) is 31.2 Å². The van der Waals surface area contributed by atoms with Crippen LogP contribution in [0.4, 0.5) is 4.39 Å². The molecule has 0 saturated heterocycles. The Morgan fingerprint density at radius 2 is 1.91 bits per heavy atom. The third-order valence-electron chi connectivity index (χ3n) is 5.95. The van der Waals surface area contributed by atoms with Crippen LogP contribution in [-0.4, -0.2) is 45.4 Å². The number of aromatic nitrogens is 4. The number of rotatable bonds is 6. The summed E-state index contributed by atoms with van der Waals surface area (Å²) in [5.74, 6) is -0.310. The lowest BCUT2D eigenvalue weighted by Gasteiger charge is -2.25. The predicted molar refractivity (Wildman–Crippen MR) is 130 cm³/mol. The number of nitrogens with zero attached hydrogens (tertiary/aromatic N) is 5. The molecule has 0 radical (unpaired) electrons. The summed E-state index contributed by atoms with van der Waals surface area (Å²) >= 11 is 6.65. The zero-order valence-electron chi connectivity index (χ0n) is 18.5. The molecule has 0 fully saturated rings. The average Bonchev–Trinajstić information content (AvgIpc) is 3.47. The lowest BCUT2D eigenvalue weighted by molar-refractivity contribution is 0.441. The summed E-state index contributed by atoms with van der Waals surface area (Å²) in [5, 5.41) is 10.0. The van der Waals surface area contributed by atoms with Crippen LogP contribution < -0.4 is 0 Å². The van der Waals surface area contributed by atoms with Gasteiger partial charge in [-0.1, -0.05) is 24.6 Å². The molecule has 4 aromatic rings. The van der Waals surface area contributed by atoms with Crippen molar-refractivity contribution in [1.29, 1.82) is 0 Å². The van der Waals surface area contributed by atoms with E-state index >= 15 is 0 Å². The minimum absolute atomic E-state index is 0.213. The largest absolute Gasteiger partial charge is 0.271 e. The molecule has 0 unspecified atom stereocenters. The van der Waals surface area contributed by atoms with Crippen LogP contribution in [0.3, 0.4) is 0 Å². The van der Waals surface area contributed by atoms with Crippen molar-refractivity contribution >= 4 is 38.1 Å². The molecular formula is C24H23ClFN5O2S. The molecular weight excluding hydrogens is 477 g/mol. The Labute approximate surface area is 202 Å². The number of sulfonamides is 1. The molecule has 0 aliphatic carbocycles. The molecule has 10 heteroatoms. The maximum Gasteiger partial charge on any atom is 0.246 e. The monoisotopic (exact) mass is 499 g/mol. The van der Waals surface area contributed by atoms with Crippen LogP contribution in [-0.2, 0) is 16.6 Å². The molecule has 0 spiro atoms. The van der Waals surface area contributed by atoms with Gasteiger partial charge < -0.3 is 0 Å². The molecule has 0 atom stereocenters. The van der Waals surface area contributed by atoms with Crippen molar-refractivity contribution < 1.29 is 12.8 Å². The van der Waals surface area contributed by atoms with E-state index in [1.165, 1.54) is 22.6 Å². The summed E-state index contributed by atoms with van der Waals surface area (Å²) in [4.78, 5) is 0.213. The highest BCUT2D eigenvalue weighted by molar-refractivity contribution is 7.89. The highest BCUT2D eigenvalue weighted by Crippen LogP contribution is 2.34. The normalized spacial score (nSPS) is 15.1. The van der Waals surface area contributed by atoms with Crippen molar-refractivity contribution in [3.05, 3.63) is 77.5 Å². The lowest BCUT2D eigenvalue weighted by atomic mass is 9.99. The van der Waals surface area contributed by atoms with Crippen molar-refractivity contribution in [2.75, 3.05) is 13.1 Å². The number of hydrogen-bond donors (Lipinski definition) is 0. The second-order valence-corrected chi connectivity index (χ2v) is 10.6. The first-order valence-corrected chi connectivity index (χ1v) is 12.8.